The average molecular weight is 497 g/mol. The van der Waals surface area contributed by atoms with Gasteiger partial charge in [0.05, 0.1) is 5.41 Å². The van der Waals surface area contributed by atoms with E-state index in [9.17, 15) is 0 Å². The summed E-state index contributed by atoms with van der Waals surface area (Å²) in [6.45, 7) is 2.18. The first kappa shape index (κ1) is 22.3. The molecule has 1 aliphatic carbocycles. The molecule has 0 heterocycles. The Morgan fingerprint density at radius 2 is 1.10 bits per heavy atom. The molecule has 0 aromatic heterocycles. The van der Waals surface area contributed by atoms with Gasteiger partial charge in [0.2, 0.25) is 0 Å². The zero-order valence-electron chi connectivity index (χ0n) is 22.0. The monoisotopic (exact) mass is 496 g/mol. The standard InChI is InChI=1S/C39H28/c1-26-18-21-30(22-19-26)39(29-11-3-2-4-12-29)37-17-9-16-34-33-15-8-7-14-32(33)28(25-36(34)37)24-35-31-13-6-5-10-27(31)20-23-38(35)39/h2-23,25H,24H2,1H3. The van der Waals surface area contributed by atoms with Gasteiger partial charge >= 0.3 is 0 Å². The lowest BCUT2D eigenvalue weighted by Crippen LogP contribution is -2.33. The number of aryl methyl sites for hydroxylation is 1. The van der Waals surface area contributed by atoms with Gasteiger partial charge in [-0.15, -0.1) is 0 Å². The van der Waals surface area contributed by atoms with Crippen molar-refractivity contribution in [1.29, 1.82) is 0 Å². The van der Waals surface area contributed by atoms with Crippen molar-refractivity contribution in [3.63, 3.8) is 0 Å². The minimum Gasteiger partial charge on any atom is -0.0622 e. The Balaban J connectivity index is 1.67. The SMILES string of the molecule is Cc1ccc(C2(c3ccccc3)c3ccc4ccccc4c3Cc3cc4c2cccc4c2ccccc32)cc1. The number of rotatable bonds is 2. The van der Waals surface area contributed by atoms with Gasteiger partial charge in [-0.25, -0.2) is 0 Å². The molecule has 1 aliphatic rings. The van der Waals surface area contributed by atoms with Crippen LogP contribution in [-0.2, 0) is 11.8 Å². The van der Waals surface area contributed by atoms with E-state index in [0.717, 1.165) is 6.42 Å². The molecule has 7 aromatic carbocycles. The van der Waals surface area contributed by atoms with Crippen LogP contribution >= 0.6 is 0 Å². The molecule has 2 bridgehead atoms. The third-order valence-electron chi connectivity index (χ3n) is 8.90. The maximum Gasteiger partial charge on any atom is 0.0710 e. The van der Waals surface area contributed by atoms with Gasteiger partial charge in [0.15, 0.2) is 0 Å². The van der Waals surface area contributed by atoms with Crippen molar-refractivity contribution in [2.24, 2.45) is 0 Å². The van der Waals surface area contributed by atoms with Crippen LogP contribution in [0.4, 0.5) is 0 Å². The summed E-state index contributed by atoms with van der Waals surface area (Å²) in [4.78, 5) is 0. The van der Waals surface area contributed by atoms with Gasteiger partial charge in [0.1, 0.15) is 0 Å². The van der Waals surface area contributed by atoms with Crippen LogP contribution in [0.15, 0.2) is 140 Å². The van der Waals surface area contributed by atoms with Crippen LogP contribution in [0.25, 0.3) is 32.3 Å². The Hall–Kier alpha value is -4.68. The van der Waals surface area contributed by atoms with Gasteiger partial charge in [-0.1, -0.05) is 139 Å². The highest BCUT2D eigenvalue weighted by molar-refractivity contribution is 6.11. The molecular formula is C39H28. The fraction of sp³-hybridized carbons (Fsp3) is 0.0769. The summed E-state index contributed by atoms with van der Waals surface area (Å²) < 4.78 is 0. The van der Waals surface area contributed by atoms with E-state index in [1.807, 2.05) is 0 Å². The fourth-order valence-electron chi connectivity index (χ4n) is 7.17. The first-order chi connectivity index (χ1) is 19.2. The highest BCUT2D eigenvalue weighted by Gasteiger charge is 2.42. The molecule has 0 fully saturated rings. The van der Waals surface area contributed by atoms with Gasteiger partial charge < -0.3 is 0 Å². The molecule has 8 rings (SSSR count). The van der Waals surface area contributed by atoms with E-state index < -0.39 is 5.41 Å². The maximum atomic E-state index is 2.49. The van der Waals surface area contributed by atoms with E-state index >= 15 is 0 Å². The van der Waals surface area contributed by atoms with E-state index in [-0.39, 0.29) is 0 Å². The highest BCUT2D eigenvalue weighted by Crippen LogP contribution is 2.52. The van der Waals surface area contributed by atoms with Gasteiger partial charge in [-0.3, -0.25) is 0 Å². The minimum atomic E-state index is -0.464. The van der Waals surface area contributed by atoms with Crippen molar-refractivity contribution in [1.82, 2.24) is 0 Å². The molecule has 0 nitrogen and oxygen atoms in total. The van der Waals surface area contributed by atoms with Crippen molar-refractivity contribution in [3.8, 4) is 0 Å². The minimum absolute atomic E-state index is 0.464. The summed E-state index contributed by atoms with van der Waals surface area (Å²) in [6, 6.07) is 52.4. The lowest BCUT2D eigenvalue weighted by Gasteiger charge is -2.40. The zero-order chi connectivity index (χ0) is 26.0. The van der Waals surface area contributed by atoms with E-state index in [4.69, 9.17) is 0 Å². The van der Waals surface area contributed by atoms with Gasteiger partial charge in [-0.05, 0) is 85.1 Å². The smallest absolute Gasteiger partial charge is 0.0622 e. The molecular weight excluding hydrogens is 468 g/mol. The number of benzene rings is 7. The topological polar surface area (TPSA) is 0 Å². The first-order valence-corrected chi connectivity index (χ1v) is 13.8. The molecule has 0 aliphatic heterocycles. The Morgan fingerprint density at radius 3 is 1.92 bits per heavy atom. The Kier molecular flexibility index (Phi) is 4.81. The third kappa shape index (κ3) is 3.12. The number of hydrogen-bond acceptors (Lipinski definition) is 0. The normalized spacial score (nSPS) is 16.3. The summed E-state index contributed by atoms with van der Waals surface area (Å²) in [5.41, 5.74) is 8.95. The van der Waals surface area contributed by atoms with Crippen LogP contribution in [0.3, 0.4) is 0 Å². The van der Waals surface area contributed by atoms with Crippen LogP contribution < -0.4 is 0 Å². The Morgan fingerprint density at radius 1 is 0.462 bits per heavy atom. The largest absolute Gasteiger partial charge is 0.0710 e. The lowest BCUT2D eigenvalue weighted by atomic mass is 9.61. The fourth-order valence-corrected chi connectivity index (χ4v) is 7.17. The second-order valence-electron chi connectivity index (χ2n) is 11.0. The molecule has 0 heteroatoms. The summed E-state index contributed by atoms with van der Waals surface area (Å²) in [6.07, 6.45) is 0.891. The van der Waals surface area contributed by atoms with Crippen molar-refractivity contribution in [2.75, 3.05) is 0 Å². The summed E-state index contributed by atoms with van der Waals surface area (Å²) in [7, 11) is 0. The van der Waals surface area contributed by atoms with E-state index in [1.54, 1.807) is 0 Å². The maximum absolute atomic E-state index is 2.49. The molecule has 39 heavy (non-hydrogen) atoms. The molecule has 0 spiro atoms. The molecule has 1 atom stereocenters. The van der Waals surface area contributed by atoms with Crippen LogP contribution in [0, 0.1) is 6.92 Å². The second-order valence-corrected chi connectivity index (χ2v) is 11.0. The number of hydrogen-bond donors (Lipinski definition) is 0. The lowest BCUT2D eigenvalue weighted by molar-refractivity contribution is 0.741. The number of fused-ring (bicyclic) bond motifs is 7. The van der Waals surface area contributed by atoms with Crippen molar-refractivity contribution in [3.05, 3.63) is 178 Å². The second kappa shape index (κ2) is 8.41. The van der Waals surface area contributed by atoms with Crippen LogP contribution in [0.5, 0.6) is 0 Å². The van der Waals surface area contributed by atoms with Crippen molar-refractivity contribution < 1.29 is 0 Å². The van der Waals surface area contributed by atoms with Crippen molar-refractivity contribution in [2.45, 2.75) is 18.8 Å². The van der Waals surface area contributed by atoms with Crippen LogP contribution in [0.1, 0.15) is 38.9 Å². The van der Waals surface area contributed by atoms with Gasteiger partial charge in [0, 0.05) is 0 Å². The quantitative estimate of drug-likeness (QED) is 0.209. The predicted molar refractivity (Wildman–Crippen MR) is 165 cm³/mol. The summed E-state index contributed by atoms with van der Waals surface area (Å²) in [5, 5.41) is 7.98. The molecule has 0 saturated carbocycles. The van der Waals surface area contributed by atoms with E-state index in [2.05, 4.69) is 146 Å². The van der Waals surface area contributed by atoms with Gasteiger partial charge in [0.25, 0.3) is 0 Å². The summed E-state index contributed by atoms with van der Waals surface area (Å²) >= 11 is 0. The summed E-state index contributed by atoms with van der Waals surface area (Å²) in [5.74, 6) is 0. The average Bonchev–Trinajstić information content (AvgIpc) is 2.99. The molecule has 0 saturated heterocycles. The molecule has 0 radical (unpaired) electrons. The van der Waals surface area contributed by atoms with Gasteiger partial charge in [-0.2, -0.15) is 0 Å². The van der Waals surface area contributed by atoms with Crippen molar-refractivity contribution >= 4 is 32.3 Å². The van der Waals surface area contributed by atoms with Crippen LogP contribution in [-0.4, -0.2) is 0 Å². The molecule has 0 amide bonds. The molecule has 7 aromatic rings. The highest BCUT2D eigenvalue weighted by atomic mass is 14.4. The Bertz CT molecular complexity index is 2030. The zero-order valence-corrected chi connectivity index (χ0v) is 22.0. The van der Waals surface area contributed by atoms with E-state index in [0.29, 0.717) is 0 Å². The first-order valence-electron chi connectivity index (χ1n) is 13.8. The third-order valence-corrected chi connectivity index (χ3v) is 8.90. The predicted octanol–water partition coefficient (Wildman–Crippen LogP) is 9.74. The Labute approximate surface area is 229 Å². The van der Waals surface area contributed by atoms with Crippen LogP contribution in [0.2, 0.25) is 0 Å². The molecule has 0 N–H and O–H groups in total. The molecule has 1 unspecified atom stereocenters. The molecule has 184 valence electrons. The van der Waals surface area contributed by atoms with E-state index in [1.165, 1.54) is 71.3 Å².